The number of halogens is 1. The van der Waals surface area contributed by atoms with E-state index in [4.69, 9.17) is 5.73 Å². The zero-order chi connectivity index (χ0) is 14.2. The van der Waals surface area contributed by atoms with Crippen LogP contribution in [0.5, 0.6) is 0 Å². The van der Waals surface area contributed by atoms with Crippen LogP contribution in [0.4, 0.5) is 0 Å². The van der Waals surface area contributed by atoms with Crippen LogP contribution in [0.15, 0.2) is 6.07 Å². The Morgan fingerprint density at radius 3 is 2.55 bits per heavy atom. The van der Waals surface area contributed by atoms with Crippen LogP contribution < -0.4 is 5.73 Å². The zero-order valence-electron chi connectivity index (χ0n) is 12.9. The molecule has 1 aromatic rings. The number of hydrogen-bond donors (Lipinski definition) is 1. The maximum absolute atomic E-state index is 12.6. The van der Waals surface area contributed by atoms with Crippen molar-refractivity contribution in [1.29, 1.82) is 0 Å². The summed E-state index contributed by atoms with van der Waals surface area (Å²) in [4.78, 5) is 14.6. The molecule has 0 saturated carbocycles. The Labute approximate surface area is 127 Å². The van der Waals surface area contributed by atoms with Crippen molar-refractivity contribution in [2.45, 2.75) is 40.7 Å². The van der Waals surface area contributed by atoms with Crippen LogP contribution in [-0.2, 0) is 6.54 Å². The minimum Gasteiger partial charge on any atom is -0.349 e. The number of nitrogens with two attached hydrogens (primary N) is 1. The molecule has 1 saturated heterocycles. The highest BCUT2D eigenvalue weighted by Crippen LogP contribution is 2.30. The first-order valence-electron chi connectivity index (χ1n) is 7.08. The first-order chi connectivity index (χ1) is 8.91. The van der Waals surface area contributed by atoms with Gasteiger partial charge in [0.1, 0.15) is 0 Å². The van der Waals surface area contributed by atoms with Gasteiger partial charge < -0.3 is 15.2 Å². The molecule has 1 aliphatic heterocycles. The fraction of sp³-hybridized carbons (Fsp3) is 0.667. The van der Waals surface area contributed by atoms with Crippen molar-refractivity contribution in [3.8, 4) is 0 Å². The predicted octanol–water partition coefficient (Wildman–Crippen LogP) is 2.36. The van der Waals surface area contributed by atoms with Crippen molar-refractivity contribution < 1.29 is 4.79 Å². The summed E-state index contributed by atoms with van der Waals surface area (Å²) in [5, 5.41) is 0. The average molecular weight is 300 g/mol. The normalized spacial score (nSPS) is 21.9. The standard InChI is InChI=1S/C15H25N3O.ClH/c1-5-18-11(2)8-13(12(18)3)14(19)17-7-6-15(4,9-16)10-17;/h8H,5-7,9-10,16H2,1-4H3;1H. The van der Waals surface area contributed by atoms with Crippen molar-refractivity contribution in [3.63, 3.8) is 0 Å². The maximum atomic E-state index is 12.6. The summed E-state index contributed by atoms with van der Waals surface area (Å²) < 4.78 is 2.19. The summed E-state index contributed by atoms with van der Waals surface area (Å²) in [5.74, 6) is 0.157. The second-order valence-electron chi connectivity index (χ2n) is 6.02. The number of aromatic nitrogens is 1. The Morgan fingerprint density at radius 1 is 1.45 bits per heavy atom. The molecule has 2 rings (SSSR count). The van der Waals surface area contributed by atoms with E-state index in [1.165, 1.54) is 0 Å². The molecule has 2 N–H and O–H groups in total. The highest BCUT2D eigenvalue weighted by molar-refractivity contribution is 5.96. The lowest BCUT2D eigenvalue weighted by atomic mass is 9.90. The minimum absolute atomic E-state index is 0. The lowest BCUT2D eigenvalue weighted by Crippen LogP contribution is -2.34. The number of hydrogen-bond acceptors (Lipinski definition) is 2. The van der Waals surface area contributed by atoms with Crippen LogP contribution in [0.2, 0.25) is 0 Å². The number of amides is 1. The average Bonchev–Trinajstić information content (AvgIpc) is 2.91. The van der Waals surface area contributed by atoms with E-state index in [1.54, 1.807) is 0 Å². The molecule has 0 bridgehead atoms. The van der Waals surface area contributed by atoms with E-state index in [2.05, 4.69) is 25.3 Å². The van der Waals surface area contributed by atoms with Crippen molar-refractivity contribution in [2.75, 3.05) is 19.6 Å². The Kier molecular flexibility index (Phi) is 5.27. The van der Waals surface area contributed by atoms with Crippen LogP contribution in [0.25, 0.3) is 0 Å². The van der Waals surface area contributed by atoms with Crippen LogP contribution in [-0.4, -0.2) is 35.0 Å². The highest BCUT2D eigenvalue weighted by atomic mass is 35.5. The van der Waals surface area contributed by atoms with Gasteiger partial charge in [0.15, 0.2) is 0 Å². The van der Waals surface area contributed by atoms with Crippen LogP contribution in [0, 0.1) is 19.3 Å². The first-order valence-corrected chi connectivity index (χ1v) is 7.08. The number of carbonyl (C=O) groups excluding carboxylic acids is 1. The molecule has 2 heterocycles. The predicted molar refractivity (Wildman–Crippen MR) is 84.5 cm³/mol. The molecule has 1 aromatic heterocycles. The third-order valence-electron chi connectivity index (χ3n) is 4.46. The summed E-state index contributed by atoms with van der Waals surface area (Å²) in [7, 11) is 0. The smallest absolute Gasteiger partial charge is 0.255 e. The fourth-order valence-corrected chi connectivity index (χ4v) is 3.04. The SMILES string of the molecule is CCn1c(C)cc(C(=O)N2CCC(C)(CN)C2)c1C.Cl. The molecule has 114 valence electrons. The molecule has 1 atom stereocenters. The second kappa shape index (κ2) is 6.19. The van der Waals surface area contributed by atoms with Gasteiger partial charge in [-0.1, -0.05) is 6.92 Å². The zero-order valence-corrected chi connectivity index (χ0v) is 13.7. The number of rotatable bonds is 3. The summed E-state index contributed by atoms with van der Waals surface area (Å²) in [6.07, 6.45) is 1.00. The molecule has 0 aromatic carbocycles. The van der Waals surface area contributed by atoms with Gasteiger partial charge in [0.05, 0.1) is 5.56 Å². The molecule has 1 fully saturated rings. The summed E-state index contributed by atoms with van der Waals surface area (Å²) >= 11 is 0. The maximum Gasteiger partial charge on any atom is 0.255 e. The molecular weight excluding hydrogens is 274 g/mol. The molecule has 1 unspecified atom stereocenters. The van der Waals surface area contributed by atoms with Gasteiger partial charge in [-0.05, 0) is 45.2 Å². The van der Waals surface area contributed by atoms with Gasteiger partial charge in [-0.2, -0.15) is 0 Å². The lowest BCUT2D eigenvalue weighted by Gasteiger charge is -2.22. The summed E-state index contributed by atoms with van der Waals surface area (Å²) in [6, 6.07) is 2.01. The number of aryl methyl sites for hydroxylation is 1. The van der Waals surface area contributed by atoms with E-state index in [1.807, 2.05) is 17.9 Å². The monoisotopic (exact) mass is 299 g/mol. The Morgan fingerprint density at radius 2 is 2.10 bits per heavy atom. The first kappa shape index (κ1) is 17.1. The van der Waals surface area contributed by atoms with E-state index < -0.39 is 0 Å². The van der Waals surface area contributed by atoms with Crippen molar-refractivity contribution in [1.82, 2.24) is 9.47 Å². The molecule has 1 amide bonds. The number of likely N-dealkylation sites (tertiary alicyclic amines) is 1. The van der Waals surface area contributed by atoms with Crippen LogP contribution in [0.1, 0.15) is 42.0 Å². The van der Waals surface area contributed by atoms with Crippen LogP contribution in [0.3, 0.4) is 0 Å². The molecule has 0 spiro atoms. The van der Waals surface area contributed by atoms with Gasteiger partial charge in [0.25, 0.3) is 5.91 Å². The van der Waals surface area contributed by atoms with Gasteiger partial charge >= 0.3 is 0 Å². The Hall–Kier alpha value is -1.00. The van der Waals surface area contributed by atoms with E-state index >= 15 is 0 Å². The molecule has 0 radical (unpaired) electrons. The van der Waals surface area contributed by atoms with Crippen molar-refractivity contribution in [3.05, 3.63) is 23.0 Å². The van der Waals surface area contributed by atoms with Gasteiger partial charge in [0.2, 0.25) is 0 Å². The van der Waals surface area contributed by atoms with Crippen molar-refractivity contribution >= 4 is 18.3 Å². The highest BCUT2D eigenvalue weighted by Gasteiger charge is 2.35. The molecule has 5 heteroatoms. The largest absolute Gasteiger partial charge is 0.349 e. The molecule has 0 aliphatic carbocycles. The Balaban J connectivity index is 0.00000200. The third kappa shape index (κ3) is 2.86. The van der Waals surface area contributed by atoms with E-state index in [0.717, 1.165) is 43.0 Å². The third-order valence-corrected chi connectivity index (χ3v) is 4.46. The lowest BCUT2D eigenvalue weighted by molar-refractivity contribution is 0.0776. The number of nitrogens with zero attached hydrogens (tertiary/aromatic N) is 2. The fourth-order valence-electron chi connectivity index (χ4n) is 3.04. The topological polar surface area (TPSA) is 51.3 Å². The number of carbonyl (C=O) groups is 1. The van der Waals surface area contributed by atoms with E-state index in [9.17, 15) is 4.79 Å². The second-order valence-corrected chi connectivity index (χ2v) is 6.02. The summed E-state index contributed by atoms with van der Waals surface area (Å²) in [6.45, 7) is 11.5. The molecular formula is C15H26ClN3O. The molecule has 1 aliphatic rings. The van der Waals surface area contributed by atoms with E-state index in [-0.39, 0.29) is 23.7 Å². The quantitative estimate of drug-likeness (QED) is 0.931. The van der Waals surface area contributed by atoms with Gasteiger partial charge in [-0.3, -0.25) is 4.79 Å². The van der Waals surface area contributed by atoms with Gasteiger partial charge in [-0.25, -0.2) is 0 Å². The molecule has 4 nitrogen and oxygen atoms in total. The summed E-state index contributed by atoms with van der Waals surface area (Å²) in [5.41, 5.74) is 8.98. The minimum atomic E-state index is 0. The van der Waals surface area contributed by atoms with Gasteiger partial charge in [-0.15, -0.1) is 12.4 Å². The Bertz CT molecular complexity index is 498. The van der Waals surface area contributed by atoms with Crippen molar-refractivity contribution in [2.24, 2.45) is 11.1 Å². The molecule has 20 heavy (non-hydrogen) atoms. The van der Waals surface area contributed by atoms with E-state index in [0.29, 0.717) is 6.54 Å². The van der Waals surface area contributed by atoms with Gasteiger partial charge in [0, 0.05) is 31.0 Å². The van der Waals surface area contributed by atoms with Crippen LogP contribution >= 0.6 is 12.4 Å².